The van der Waals surface area contributed by atoms with E-state index in [0.29, 0.717) is 11.8 Å². The van der Waals surface area contributed by atoms with Crippen molar-refractivity contribution in [2.75, 3.05) is 0 Å². The van der Waals surface area contributed by atoms with Crippen molar-refractivity contribution in [2.24, 2.45) is 11.8 Å². The Hall–Kier alpha value is -0.0700. The molecule has 10 heavy (non-hydrogen) atoms. The molecule has 0 aliphatic carbocycles. The molecule has 0 N–H and O–H groups in total. The molecule has 1 heteroatoms. The monoisotopic (exact) mass is 146 g/mol. The van der Waals surface area contributed by atoms with Crippen molar-refractivity contribution in [3.63, 3.8) is 0 Å². The van der Waals surface area contributed by atoms with Crippen LogP contribution >= 0.6 is 0 Å². The van der Waals surface area contributed by atoms with Crippen molar-refractivity contribution in [1.29, 1.82) is 0 Å². The fraction of sp³-hybridized carbons (Fsp3) is 1.00. The summed E-state index contributed by atoms with van der Waals surface area (Å²) in [6.07, 6.45) is 0.857. The summed E-state index contributed by atoms with van der Waals surface area (Å²) in [5.41, 5.74) is 0. The van der Waals surface area contributed by atoms with E-state index in [0.717, 1.165) is 12.8 Å². The first-order valence-electron chi connectivity index (χ1n) is 4.16. The second kappa shape index (κ2) is 4.70. The van der Waals surface area contributed by atoms with Crippen molar-refractivity contribution in [3.8, 4) is 0 Å². The molecule has 0 bridgehead atoms. The first-order valence-corrected chi connectivity index (χ1v) is 4.16. The number of alkyl halides is 1. The maximum Gasteiger partial charge on any atom is 0.101 e. The lowest BCUT2D eigenvalue weighted by Gasteiger charge is -2.12. The molecule has 0 unspecified atom stereocenters. The molecule has 0 radical (unpaired) electrons. The molecule has 0 spiro atoms. The Labute approximate surface area is 63.8 Å². The normalized spacial score (nSPS) is 12.0. The van der Waals surface area contributed by atoms with Crippen molar-refractivity contribution in [1.82, 2.24) is 0 Å². The SMILES string of the molecule is CC(C)CC(F)CC(C)C. The average Bonchev–Trinajstić information content (AvgIpc) is 1.58. The molecule has 0 saturated heterocycles. The summed E-state index contributed by atoms with van der Waals surface area (Å²) in [6, 6.07) is 0. The van der Waals surface area contributed by atoms with Gasteiger partial charge in [-0.1, -0.05) is 27.7 Å². The van der Waals surface area contributed by atoms with E-state index in [1.54, 1.807) is 0 Å². The van der Waals surface area contributed by atoms with Gasteiger partial charge in [-0.3, -0.25) is 0 Å². The molecule has 0 aromatic heterocycles. The predicted molar refractivity (Wildman–Crippen MR) is 43.8 cm³/mol. The van der Waals surface area contributed by atoms with Gasteiger partial charge in [0, 0.05) is 0 Å². The van der Waals surface area contributed by atoms with Gasteiger partial charge in [0.05, 0.1) is 0 Å². The molecule has 0 aliphatic rings. The standard InChI is InChI=1S/C9H19F/c1-7(2)5-9(10)6-8(3)4/h7-9H,5-6H2,1-4H3. The summed E-state index contributed by atoms with van der Waals surface area (Å²) in [5, 5.41) is 0. The lowest BCUT2D eigenvalue weighted by atomic mass is 9.99. The van der Waals surface area contributed by atoms with Gasteiger partial charge in [-0.15, -0.1) is 0 Å². The third-order valence-electron chi connectivity index (χ3n) is 1.45. The van der Waals surface area contributed by atoms with E-state index in [4.69, 9.17) is 0 Å². The summed E-state index contributed by atoms with van der Waals surface area (Å²) < 4.78 is 12.9. The lowest BCUT2D eigenvalue weighted by molar-refractivity contribution is 0.243. The summed E-state index contributed by atoms with van der Waals surface area (Å²) in [7, 11) is 0. The van der Waals surface area contributed by atoms with Crippen LogP contribution in [0.5, 0.6) is 0 Å². The van der Waals surface area contributed by atoms with Crippen LogP contribution in [-0.4, -0.2) is 6.17 Å². The Kier molecular flexibility index (Phi) is 4.67. The molecule has 0 heterocycles. The van der Waals surface area contributed by atoms with Gasteiger partial charge in [0.2, 0.25) is 0 Å². The first-order chi connectivity index (χ1) is 4.52. The second-order valence-corrected chi connectivity index (χ2v) is 3.86. The second-order valence-electron chi connectivity index (χ2n) is 3.86. The maximum atomic E-state index is 12.9. The highest BCUT2D eigenvalue weighted by Crippen LogP contribution is 2.15. The molecule has 0 rings (SSSR count). The Morgan fingerprint density at radius 2 is 1.20 bits per heavy atom. The molecule has 0 aromatic carbocycles. The van der Waals surface area contributed by atoms with Gasteiger partial charge in [0.15, 0.2) is 0 Å². The van der Waals surface area contributed by atoms with Gasteiger partial charge in [-0.25, -0.2) is 4.39 Å². The first kappa shape index (κ1) is 9.93. The average molecular weight is 146 g/mol. The zero-order valence-electron chi connectivity index (χ0n) is 7.52. The highest BCUT2D eigenvalue weighted by atomic mass is 19.1. The summed E-state index contributed by atoms with van der Waals surface area (Å²) >= 11 is 0. The largest absolute Gasteiger partial charge is 0.247 e. The third-order valence-corrected chi connectivity index (χ3v) is 1.45. The van der Waals surface area contributed by atoms with E-state index in [1.807, 2.05) is 0 Å². The van der Waals surface area contributed by atoms with E-state index in [2.05, 4.69) is 27.7 Å². The van der Waals surface area contributed by atoms with E-state index >= 15 is 0 Å². The molecule has 0 aromatic rings. The van der Waals surface area contributed by atoms with Gasteiger partial charge in [0.25, 0.3) is 0 Å². The quantitative estimate of drug-likeness (QED) is 0.570. The fourth-order valence-corrected chi connectivity index (χ4v) is 1.12. The van der Waals surface area contributed by atoms with Crippen molar-refractivity contribution >= 4 is 0 Å². The highest BCUT2D eigenvalue weighted by Gasteiger charge is 2.10. The van der Waals surface area contributed by atoms with Crippen LogP contribution in [-0.2, 0) is 0 Å². The van der Waals surface area contributed by atoms with E-state index in [9.17, 15) is 4.39 Å². The van der Waals surface area contributed by atoms with Crippen LogP contribution in [0.3, 0.4) is 0 Å². The molecule has 0 atom stereocenters. The topological polar surface area (TPSA) is 0 Å². The van der Waals surface area contributed by atoms with E-state index in [-0.39, 0.29) is 0 Å². The molecule has 0 nitrogen and oxygen atoms in total. The van der Waals surface area contributed by atoms with Crippen LogP contribution in [0.1, 0.15) is 40.5 Å². The van der Waals surface area contributed by atoms with Crippen LogP contribution in [0, 0.1) is 11.8 Å². The van der Waals surface area contributed by atoms with Crippen molar-refractivity contribution in [2.45, 2.75) is 46.7 Å². The molecule has 62 valence electrons. The third kappa shape index (κ3) is 6.06. The van der Waals surface area contributed by atoms with E-state index < -0.39 is 6.17 Å². The Morgan fingerprint density at radius 3 is 1.40 bits per heavy atom. The smallest absolute Gasteiger partial charge is 0.101 e. The van der Waals surface area contributed by atoms with Crippen LogP contribution in [0.4, 0.5) is 4.39 Å². The van der Waals surface area contributed by atoms with Crippen molar-refractivity contribution in [3.05, 3.63) is 0 Å². The number of hydrogen-bond acceptors (Lipinski definition) is 0. The highest BCUT2D eigenvalue weighted by molar-refractivity contribution is 4.60. The molecule has 0 fully saturated rings. The van der Waals surface area contributed by atoms with E-state index in [1.165, 1.54) is 0 Å². The Morgan fingerprint density at radius 1 is 0.900 bits per heavy atom. The molecule has 0 amide bonds. The molecule has 0 aliphatic heterocycles. The molecular formula is C9H19F. The maximum absolute atomic E-state index is 12.9. The minimum Gasteiger partial charge on any atom is -0.247 e. The summed E-state index contributed by atoms with van der Waals surface area (Å²) in [4.78, 5) is 0. The fourth-order valence-electron chi connectivity index (χ4n) is 1.12. The minimum absolute atomic E-state index is 0.494. The number of hydrogen-bond donors (Lipinski definition) is 0. The zero-order valence-corrected chi connectivity index (χ0v) is 7.52. The van der Waals surface area contributed by atoms with Crippen LogP contribution in [0.25, 0.3) is 0 Å². The number of rotatable bonds is 4. The predicted octanol–water partition coefficient (Wildman–Crippen LogP) is 3.42. The minimum atomic E-state index is -0.583. The summed E-state index contributed by atoms with van der Waals surface area (Å²) in [6.45, 7) is 8.25. The Balaban J connectivity index is 3.34. The van der Waals surface area contributed by atoms with Gasteiger partial charge >= 0.3 is 0 Å². The van der Waals surface area contributed by atoms with Crippen LogP contribution in [0.2, 0.25) is 0 Å². The molecule has 0 saturated carbocycles. The van der Waals surface area contributed by atoms with Crippen LogP contribution < -0.4 is 0 Å². The number of halogens is 1. The van der Waals surface area contributed by atoms with Gasteiger partial charge in [0.1, 0.15) is 6.17 Å². The molecular weight excluding hydrogens is 127 g/mol. The zero-order chi connectivity index (χ0) is 8.15. The van der Waals surface area contributed by atoms with Gasteiger partial charge < -0.3 is 0 Å². The van der Waals surface area contributed by atoms with Crippen molar-refractivity contribution < 1.29 is 4.39 Å². The summed E-state index contributed by atoms with van der Waals surface area (Å²) in [5.74, 6) is 0.988. The Bertz CT molecular complexity index is 66.8. The van der Waals surface area contributed by atoms with Gasteiger partial charge in [-0.05, 0) is 24.7 Å². The van der Waals surface area contributed by atoms with Crippen LogP contribution in [0.15, 0.2) is 0 Å². The lowest BCUT2D eigenvalue weighted by Crippen LogP contribution is -2.07. The van der Waals surface area contributed by atoms with Gasteiger partial charge in [-0.2, -0.15) is 0 Å².